The van der Waals surface area contributed by atoms with E-state index in [0.717, 1.165) is 6.42 Å². The fourth-order valence-electron chi connectivity index (χ4n) is 1.76. The van der Waals surface area contributed by atoms with E-state index in [1.165, 1.54) is 0 Å². The van der Waals surface area contributed by atoms with Crippen molar-refractivity contribution in [3.63, 3.8) is 0 Å². The summed E-state index contributed by atoms with van der Waals surface area (Å²) in [4.78, 5) is 22.8. The van der Waals surface area contributed by atoms with Crippen molar-refractivity contribution < 1.29 is 19.1 Å². The van der Waals surface area contributed by atoms with Gasteiger partial charge in [0, 0.05) is 12.8 Å². The lowest BCUT2D eigenvalue weighted by molar-refractivity contribution is -0.149. The molecule has 0 aliphatic carbocycles. The van der Waals surface area contributed by atoms with Gasteiger partial charge in [-0.2, -0.15) is 0 Å². The number of para-hydroxylation sites is 1. The fraction of sp³-hybridized carbons (Fsp3) is 0.500. The lowest BCUT2D eigenvalue weighted by Gasteiger charge is -2.15. The molecule has 20 heavy (non-hydrogen) atoms. The summed E-state index contributed by atoms with van der Waals surface area (Å²) in [5.41, 5.74) is 0. The van der Waals surface area contributed by atoms with Gasteiger partial charge >= 0.3 is 11.9 Å². The van der Waals surface area contributed by atoms with E-state index in [0.29, 0.717) is 31.4 Å². The van der Waals surface area contributed by atoms with Gasteiger partial charge in [0.15, 0.2) is 0 Å². The van der Waals surface area contributed by atoms with Gasteiger partial charge in [0.05, 0.1) is 0 Å². The summed E-state index contributed by atoms with van der Waals surface area (Å²) >= 11 is 0. The highest BCUT2D eigenvalue weighted by molar-refractivity contribution is 5.72. The number of rotatable bonds is 8. The standard InChI is InChI=1S/C16H22O4/c1-3-13(19-15(17)4-2)11-8-12-16(18)20-14-9-6-5-7-10-14/h5-7,9-10,13H,3-4,8,11-12H2,1-2H3. The summed E-state index contributed by atoms with van der Waals surface area (Å²) in [6, 6.07) is 9.00. The Bertz CT molecular complexity index is 414. The highest BCUT2D eigenvalue weighted by atomic mass is 16.5. The van der Waals surface area contributed by atoms with Crippen LogP contribution in [0.15, 0.2) is 30.3 Å². The summed E-state index contributed by atoms with van der Waals surface area (Å²) in [5.74, 6) is 0.110. The highest BCUT2D eigenvalue weighted by Gasteiger charge is 2.12. The van der Waals surface area contributed by atoms with Crippen LogP contribution in [0.2, 0.25) is 0 Å². The molecule has 0 radical (unpaired) electrons. The van der Waals surface area contributed by atoms with Gasteiger partial charge in [-0.3, -0.25) is 9.59 Å². The normalized spacial score (nSPS) is 11.7. The number of ether oxygens (including phenoxy) is 2. The topological polar surface area (TPSA) is 52.6 Å². The first-order valence-corrected chi connectivity index (χ1v) is 7.10. The van der Waals surface area contributed by atoms with Crippen molar-refractivity contribution in [2.45, 2.75) is 52.1 Å². The van der Waals surface area contributed by atoms with Crippen LogP contribution in [-0.4, -0.2) is 18.0 Å². The van der Waals surface area contributed by atoms with Gasteiger partial charge in [-0.1, -0.05) is 32.0 Å². The van der Waals surface area contributed by atoms with Crippen molar-refractivity contribution in [3.05, 3.63) is 30.3 Å². The quantitative estimate of drug-likeness (QED) is 0.539. The monoisotopic (exact) mass is 278 g/mol. The summed E-state index contributed by atoms with van der Waals surface area (Å²) in [7, 11) is 0. The van der Waals surface area contributed by atoms with Crippen LogP contribution in [0.3, 0.4) is 0 Å². The van der Waals surface area contributed by atoms with Crippen LogP contribution < -0.4 is 4.74 Å². The zero-order valence-corrected chi connectivity index (χ0v) is 12.1. The van der Waals surface area contributed by atoms with Crippen LogP contribution in [0.5, 0.6) is 5.75 Å². The summed E-state index contributed by atoms with van der Waals surface area (Å²) < 4.78 is 10.4. The van der Waals surface area contributed by atoms with E-state index in [1.807, 2.05) is 25.1 Å². The van der Waals surface area contributed by atoms with Crippen molar-refractivity contribution in [3.8, 4) is 5.75 Å². The predicted molar refractivity (Wildman–Crippen MR) is 76.4 cm³/mol. The molecule has 0 saturated carbocycles. The smallest absolute Gasteiger partial charge is 0.311 e. The molecule has 0 amide bonds. The molecule has 0 aliphatic rings. The molecule has 4 heteroatoms. The maximum atomic E-state index is 11.6. The molecule has 1 rings (SSSR count). The second-order valence-corrected chi connectivity index (χ2v) is 4.55. The summed E-state index contributed by atoms with van der Waals surface area (Å²) in [6.45, 7) is 3.74. The van der Waals surface area contributed by atoms with Gasteiger partial charge in [0.1, 0.15) is 11.9 Å². The number of carbonyl (C=O) groups is 2. The number of hydrogen-bond donors (Lipinski definition) is 0. The maximum absolute atomic E-state index is 11.6. The number of hydrogen-bond acceptors (Lipinski definition) is 4. The van der Waals surface area contributed by atoms with Gasteiger partial charge in [-0.15, -0.1) is 0 Å². The molecule has 0 spiro atoms. The molecule has 0 aromatic heterocycles. The van der Waals surface area contributed by atoms with Gasteiger partial charge in [0.25, 0.3) is 0 Å². The van der Waals surface area contributed by atoms with Gasteiger partial charge in [0.2, 0.25) is 0 Å². The Morgan fingerprint density at radius 1 is 1.10 bits per heavy atom. The lowest BCUT2D eigenvalue weighted by atomic mass is 10.1. The minimum Gasteiger partial charge on any atom is -0.462 e. The van der Waals surface area contributed by atoms with Crippen LogP contribution in [0, 0.1) is 0 Å². The molecule has 1 aromatic rings. The van der Waals surface area contributed by atoms with Crippen LogP contribution in [0.4, 0.5) is 0 Å². The SMILES string of the molecule is CCC(=O)OC(CC)CCCC(=O)Oc1ccccc1. The molecule has 1 atom stereocenters. The lowest BCUT2D eigenvalue weighted by Crippen LogP contribution is -2.17. The van der Waals surface area contributed by atoms with E-state index in [2.05, 4.69) is 0 Å². The molecule has 110 valence electrons. The van der Waals surface area contributed by atoms with Crippen LogP contribution in [0.1, 0.15) is 46.0 Å². The molecule has 0 aliphatic heterocycles. The zero-order chi connectivity index (χ0) is 14.8. The number of carbonyl (C=O) groups excluding carboxylic acids is 2. The Balaban J connectivity index is 2.25. The molecular formula is C16H22O4. The van der Waals surface area contributed by atoms with E-state index < -0.39 is 0 Å². The zero-order valence-electron chi connectivity index (χ0n) is 12.1. The molecule has 0 heterocycles. The predicted octanol–water partition coefficient (Wildman–Crippen LogP) is 3.49. The third-order valence-electron chi connectivity index (χ3n) is 2.92. The van der Waals surface area contributed by atoms with E-state index >= 15 is 0 Å². The van der Waals surface area contributed by atoms with Crippen LogP contribution in [-0.2, 0) is 14.3 Å². The summed E-state index contributed by atoms with van der Waals surface area (Å²) in [6.07, 6.45) is 2.71. The van der Waals surface area contributed by atoms with Crippen molar-refractivity contribution in [2.24, 2.45) is 0 Å². The van der Waals surface area contributed by atoms with E-state index in [1.54, 1.807) is 19.1 Å². The molecule has 4 nitrogen and oxygen atoms in total. The van der Waals surface area contributed by atoms with E-state index in [4.69, 9.17) is 9.47 Å². The van der Waals surface area contributed by atoms with E-state index in [-0.39, 0.29) is 18.0 Å². The first kappa shape index (κ1) is 16.2. The van der Waals surface area contributed by atoms with Gasteiger partial charge in [-0.25, -0.2) is 0 Å². The Morgan fingerprint density at radius 3 is 2.40 bits per heavy atom. The second kappa shape index (κ2) is 9.13. The molecule has 1 aromatic carbocycles. The Hall–Kier alpha value is -1.84. The molecule has 0 N–H and O–H groups in total. The van der Waals surface area contributed by atoms with Crippen LogP contribution in [0.25, 0.3) is 0 Å². The third-order valence-corrected chi connectivity index (χ3v) is 2.92. The number of benzene rings is 1. The van der Waals surface area contributed by atoms with Gasteiger partial charge in [-0.05, 0) is 31.4 Å². The average Bonchev–Trinajstić information content (AvgIpc) is 2.47. The molecular weight excluding hydrogens is 256 g/mol. The molecule has 0 bridgehead atoms. The minimum absolute atomic E-state index is 0.105. The fourth-order valence-corrected chi connectivity index (χ4v) is 1.76. The first-order valence-electron chi connectivity index (χ1n) is 7.10. The largest absolute Gasteiger partial charge is 0.462 e. The Labute approximate surface area is 120 Å². The average molecular weight is 278 g/mol. The van der Waals surface area contributed by atoms with Gasteiger partial charge < -0.3 is 9.47 Å². The molecule has 0 saturated heterocycles. The number of esters is 2. The second-order valence-electron chi connectivity index (χ2n) is 4.55. The van der Waals surface area contributed by atoms with Crippen LogP contribution >= 0.6 is 0 Å². The molecule has 1 unspecified atom stereocenters. The Kier molecular flexibility index (Phi) is 7.40. The van der Waals surface area contributed by atoms with Crippen molar-refractivity contribution in [2.75, 3.05) is 0 Å². The minimum atomic E-state index is -0.257. The maximum Gasteiger partial charge on any atom is 0.311 e. The summed E-state index contributed by atoms with van der Waals surface area (Å²) in [5, 5.41) is 0. The highest BCUT2D eigenvalue weighted by Crippen LogP contribution is 2.13. The van der Waals surface area contributed by atoms with Crippen molar-refractivity contribution in [1.29, 1.82) is 0 Å². The first-order chi connectivity index (χ1) is 9.65. The Morgan fingerprint density at radius 2 is 1.80 bits per heavy atom. The van der Waals surface area contributed by atoms with E-state index in [9.17, 15) is 9.59 Å². The molecule has 0 fully saturated rings. The third kappa shape index (κ3) is 6.36. The van der Waals surface area contributed by atoms with Crippen molar-refractivity contribution in [1.82, 2.24) is 0 Å². The van der Waals surface area contributed by atoms with Crippen molar-refractivity contribution >= 4 is 11.9 Å².